The van der Waals surface area contributed by atoms with Gasteiger partial charge in [-0.25, -0.2) is 0 Å². The van der Waals surface area contributed by atoms with Crippen molar-refractivity contribution in [1.29, 1.82) is 0 Å². The summed E-state index contributed by atoms with van der Waals surface area (Å²) in [7, 11) is 0. The van der Waals surface area contributed by atoms with Crippen molar-refractivity contribution in [2.24, 2.45) is 5.73 Å². The standard InChI is InChI=1S/C12H17NO2/c1-2-3-10-4-6-11(7-5-10)9-15-12(14)8-13/h4-7H,2-3,8-9,13H2,1H3. The predicted molar refractivity (Wildman–Crippen MR) is 59.3 cm³/mol. The lowest BCUT2D eigenvalue weighted by atomic mass is 10.1. The fourth-order valence-corrected chi connectivity index (χ4v) is 1.31. The zero-order valence-electron chi connectivity index (χ0n) is 9.03. The van der Waals surface area contributed by atoms with Crippen LogP contribution < -0.4 is 5.73 Å². The maximum atomic E-state index is 10.8. The molecule has 0 saturated heterocycles. The van der Waals surface area contributed by atoms with E-state index in [-0.39, 0.29) is 12.5 Å². The van der Waals surface area contributed by atoms with Gasteiger partial charge in [-0.3, -0.25) is 4.79 Å². The van der Waals surface area contributed by atoms with Crippen molar-refractivity contribution in [3.8, 4) is 0 Å². The molecule has 0 amide bonds. The summed E-state index contributed by atoms with van der Waals surface area (Å²) in [6.07, 6.45) is 2.23. The van der Waals surface area contributed by atoms with Crippen molar-refractivity contribution in [2.45, 2.75) is 26.4 Å². The number of hydrogen-bond acceptors (Lipinski definition) is 3. The Morgan fingerprint density at radius 1 is 1.27 bits per heavy atom. The van der Waals surface area contributed by atoms with Gasteiger partial charge in [0.15, 0.2) is 0 Å². The van der Waals surface area contributed by atoms with Crippen LogP contribution in [0.2, 0.25) is 0 Å². The molecule has 2 N–H and O–H groups in total. The highest BCUT2D eigenvalue weighted by molar-refractivity contribution is 5.71. The Hall–Kier alpha value is -1.35. The summed E-state index contributed by atoms with van der Waals surface area (Å²) in [5, 5.41) is 0. The van der Waals surface area contributed by atoms with Gasteiger partial charge in [-0.05, 0) is 17.5 Å². The molecule has 0 radical (unpaired) electrons. The lowest BCUT2D eigenvalue weighted by Gasteiger charge is -2.04. The number of carbonyl (C=O) groups excluding carboxylic acids is 1. The van der Waals surface area contributed by atoms with Crippen LogP contribution in [0, 0.1) is 0 Å². The minimum Gasteiger partial charge on any atom is -0.460 e. The molecule has 0 saturated carbocycles. The Morgan fingerprint density at radius 3 is 2.40 bits per heavy atom. The molecule has 0 fully saturated rings. The maximum Gasteiger partial charge on any atom is 0.320 e. The Labute approximate surface area is 90.2 Å². The van der Waals surface area contributed by atoms with Crippen molar-refractivity contribution >= 4 is 5.97 Å². The van der Waals surface area contributed by atoms with E-state index in [1.54, 1.807) is 0 Å². The van der Waals surface area contributed by atoms with Crippen molar-refractivity contribution < 1.29 is 9.53 Å². The Bertz CT molecular complexity index is 306. The van der Waals surface area contributed by atoms with E-state index in [0.29, 0.717) is 6.61 Å². The first kappa shape index (κ1) is 11.7. The fraction of sp³-hybridized carbons (Fsp3) is 0.417. The van der Waals surface area contributed by atoms with Gasteiger partial charge in [0.1, 0.15) is 6.61 Å². The maximum absolute atomic E-state index is 10.8. The summed E-state index contributed by atoms with van der Waals surface area (Å²) >= 11 is 0. The minimum absolute atomic E-state index is 0.0616. The SMILES string of the molecule is CCCc1ccc(COC(=O)CN)cc1. The molecule has 1 rings (SSSR count). The summed E-state index contributed by atoms with van der Waals surface area (Å²) in [4.78, 5) is 10.8. The molecule has 3 nitrogen and oxygen atoms in total. The van der Waals surface area contributed by atoms with Gasteiger partial charge in [0.2, 0.25) is 0 Å². The molecule has 0 unspecified atom stereocenters. The lowest BCUT2D eigenvalue weighted by molar-refractivity contribution is -0.143. The number of carbonyl (C=O) groups is 1. The van der Waals surface area contributed by atoms with Gasteiger partial charge < -0.3 is 10.5 Å². The van der Waals surface area contributed by atoms with E-state index in [0.717, 1.165) is 18.4 Å². The van der Waals surface area contributed by atoms with Crippen LogP contribution >= 0.6 is 0 Å². The summed E-state index contributed by atoms with van der Waals surface area (Å²) in [6.45, 7) is 2.40. The largest absolute Gasteiger partial charge is 0.460 e. The highest BCUT2D eigenvalue weighted by Crippen LogP contribution is 2.07. The summed E-state index contributed by atoms with van der Waals surface area (Å²) in [5.74, 6) is -0.368. The second-order valence-electron chi connectivity index (χ2n) is 3.43. The minimum atomic E-state index is -0.368. The van der Waals surface area contributed by atoms with E-state index in [9.17, 15) is 4.79 Å². The molecule has 0 aliphatic rings. The van der Waals surface area contributed by atoms with Crippen LogP contribution in [-0.2, 0) is 22.6 Å². The predicted octanol–water partition coefficient (Wildman–Crippen LogP) is 1.64. The highest BCUT2D eigenvalue weighted by atomic mass is 16.5. The molecule has 0 aliphatic carbocycles. The van der Waals surface area contributed by atoms with Gasteiger partial charge in [-0.1, -0.05) is 37.6 Å². The third kappa shape index (κ3) is 4.13. The van der Waals surface area contributed by atoms with Crippen LogP contribution in [-0.4, -0.2) is 12.5 Å². The average molecular weight is 207 g/mol. The van der Waals surface area contributed by atoms with E-state index in [4.69, 9.17) is 10.5 Å². The topological polar surface area (TPSA) is 52.3 Å². The van der Waals surface area contributed by atoms with Crippen LogP contribution in [0.25, 0.3) is 0 Å². The van der Waals surface area contributed by atoms with E-state index >= 15 is 0 Å². The number of nitrogens with two attached hydrogens (primary N) is 1. The fourth-order valence-electron chi connectivity index (χ4n) is 1.31. The summed E-state index contributed by atoms with van der Waals surface area (Å²) < 4.78 is 4.91. The van der Waals surface area contributed by atoms with E-state index in [1.807, 2.05) is 12.1 Å². The van der Waals surface area contributed by atoms with Gasteiger partial charge >= 0.3 is 5.97 Å². The smallest absolute Gasteiger partial charge is 0.320 e. The Morgan fingerprint density at radius 2 is 1.87 bits per heavy atom. The number of rotatable bonds is 5. The second-order valence-corrected chi connectivity index (χ2v) is 3.43. The van der Waals surface area contributed by atoms with Crippen molar-refractivity contribution in [2.75, 3.05) is 6.54 Å². The van der Waals surface area contributed by atoms with Crippen LogP contribution in [0.3, 0.4) is 0 Å². The van der Waals surface area contributed by atoms with Gasteiger partial charge in [-0.2, -0.15) is 0 Å². The van der Waals surface area contributed by atoms with Gasteiger partial charge in [0.25, 0.3) is 0 Å². The average Bonchev–Trinajstić information content (AvgIpc) is 2.28. The molecule has 1 aromatic rings. The first-order chi connectivity index (χ1) is 7.26. The molecule has 1 aromatic carbocycles. The van der Waals surface area contributed by atoms with E-state index < -0.39 is 0 Å². The number of hydrogen-bond donors (Lipinski definition) is 1. The quantitative estimate of drug-likeness (QED) is 0.747. The highest BCUT2D eigenvalue weighted by Gasteiger charge is 1.99. The second kappa shape index (κ2) is 6.19. The molecular formula is C12H17NO2. The number of esters is 1. The number of ether oxygens (including phenoxy) is 1. The Balaban J connectivity index is 2.45. The Kier molecular flexibility index (Phi) is 4.84. The van der Waals surface area contributed by atoms with Gasteiger partial charge in [0.05, 0.1) is 6.54 Å². The van der Waals surface area contributed by atoms with Gasteiger partial charge in [0, 0.05) is 0 Å². The molecule has 0 bridgehead atoms. The number of aryl methyl sites for hydroxylation is 1. The summed E-state index contributed by atoms with van der Waals surface area (Å²) in [5.41, 5.74) is 7.43. The van der Waals surface area contributed by atoms with Crippen LogP contribution in [0.4, 0.5) is 0 Å². The lowest BCUT2D eigenvalue weighted by Crippen LogP contribution is -2.16. The normalized spacial score (nSPS) is 10.0. The molecular weight excluding hydrogens is 190 g/mol. The third-order valence-corrected chi connectivity index (χ3v) is 2.13. The van der Waals surface area contributed by atoms with E-state index in [1.165, 1.54) is 5.56 Å². The molecule has 0 heterocycles. The first-order valence-electron chi connectivity index (χ1n) is 5.19. The number of benzene rings is 1. The molecule has 0 aliphatic heterocycles. The van der Waals surface area contributed by atoms with Crippen molar-refractivity contribution in [3.63, 3.8) is 0 Å². The molecule has 82 valence electrons. The molecule has 3 heteroatoms. The van der Waals surface area contributed by atoms with Crippen LogP contribution in [0.5, 0.6) is 0 Å². The molecule has 15 heavy (non-hydrogen) atoms. The van der Waals surface area contributed by atoms with E-state index in [2.05, 4.69) is 19.1 Å². The third-order valence-electron chi connectivity index (χ3n) is 2.13. The molecule has 0 spiro atoms. The molecule has 0 atom stereocenters. The monoisotopic (exact) mass is 207 g/mol. The zero-order valence-corrected chi connectivity index (χ0v) is 9.03. The van der Waals surface area contributed by atoms with Crippen molar-refractivity contribution in [1.82, 2.24) is 0 Å². The zero-order chi connectivity index (χ0) is 11.1. The first-order valence-corrected chi connectivity index (χ1v) is 5.19. The van der Waals surface area contributed by atoms with Crippen LogP contribution in [0.15, 0.2) is 24.3 Å². The van der Waals surface area contributed by atoms with Crippen molar-refractivity contribution in [3.05, 3.63) is 35.4 Å². The van der Waals surface area contributed by atoms with Gasteiger partial charge in [-0.15, -0.1) is 0 Å². The molecule has 0 aromatic heterocycles. The summed E-state index contributed by atoms with van der Waals surface area (Å²) in [6, 6.07) is 8.09. The van der Waals surface area contributed by atoms with Crippen LogP contribution in [0.1, 0.15) is 24.5 Å².